The Morgan fingerprint density at radius 3 is 2.90 bits per heavy atom. The van der Waals surface area contributed by atoms with Crippen molar-refractivity contribution in [1.82, 2.24) is 10.2 Å². The van der Waals surface area contributed by atoms with E-state index in [1.54, 1.807) is 12.1 Å². The molecule has 1 aromatic rings. The fourth-order valence-electron chi connectivity index (χ4n) is 3.02. The maximum atomic E-state index is 12.5. The molecule has 6 heteroatoms. The highest BCUT2D eigenvalue weighted by Gasteiger charge is 2.43. The Morgan fingerprint density at radius 1 is 1.48 bits per heavy atom. The number of amides is 1. The topological polar surface area (TPSA) is 78.6 Å². The largest absolute Gasteiger partial charge is 0.508 e. The number of rotatable bonds is 3. The van der Waals surface area contributed by atoms with Crippen LogP contribution < -0.4 is 11.1 Å². The molecule has 4 N–H and O–H groups in total. The summed E-state index contributed by atoms with van der Waals surface area (Å²) < 4.78 is 0. The van der Waals surface area contributed by atoms with Crippen molar-refractivity contribution in [2.75, 3.05) is 25.4 Å². The van der Waals surface area contributed by atoms with Crippen molar-refractivity contribution in [3.8, 4) is 5.75 Å². The van der Waals surface area contributed by atoms with E-state index in [4.69, 9.17) is 5.73 Å². The predicted molar refractivity (Wildman–Crippen MR) is 84.2 cm³/mol. The zero-order valence-electron chi connectivity index (χ0n) is 11.9. The van der Waals surface area contributed by atoms with Crippen LogP contribution in [0.15, 0.2) is 24.3 Å². The molecule has 2 aliphatic heterocycles. The summed E-state index contributed by atoms with van der Waals surface area (Å²) in [5.74, 6) is 1.36. The van der Waals surface area contributed by atoms with Crippen molar-refractivity contribution in [2.24, 2.45) is 5.73 Å². The standard InChI is InChI=1S/C15H21N3O2S/c16-13(9-11-1-3-12(19)4-2-11)14(20)18-7-5-15(10-18)17-6-8-21-15/h1-4,13,17,19H,5-10,16H2. The molecule has 1 aromatic carbocycles. The molecular formula is C15H21N3O2S. The van der Waals surface area contributed by atoms with E-state index in [9.17, 15) is 9.90 Å². The molecule has 0 aliphatic carbocycles. The molecule has 2 unspecified atom stereocenters. The van der Waals surface area contributed by atoms with Gasteiger partial charge in [-0.1, -0.05) is 12.1 Å². The van der Waals surface area contributed by atoms with Crippen molar-refractivity contribution in [3.05, 3.63) is 29.8 Å². The summed E-state index contributed by atoms with van der Waals surface area (Å²) in [6.45, 7) is 2.55. The van der Waals surface area contributed by atoms with Gasteiger partial charge in [-0.2, -0.15) is 0 Å². The lowest BCUT2D eigenvalue weighted by molar-refractivity contribution is -0.131. The molecule has 2 atom stereocenters. The zero-order chi connectivity index (χ0) is 14.9. The molecule has 114 valence electrons. The molecule has 0 bridgehead atoms. The molecule has 0 saturated carbocycles. The smallest absolute Gasteiger partial charge is 0.239 e. The van der Waals surface area contributed by atoms with Crippen LogP contribution in [0.25, 0.3) is 0 Å². The Hall–Kier alpha value is -1.24. The highest BCUT2D eigenvalue weighted by molar-refractivity contribution is 8.00. The number of aromatic hydroxyl groups is 1. The van der Waals surface area contributed by atoms with E-state index in [0.29, 0.717) is 6.42 Å². The number of hydrogen-bond donors (Lipinski definition) is 3. The maximum Gasteiger partial charge on any atom is 0.239 e. The van der Waals surface area contributed by atoms with Gasteiger partial charge in [-0.05, 0) is 30.5 Å². The van der Waals surface area contributed by atoms with E-state index in [-0.39, 0.29) is 16.5 Å². The normalized spacial score (nSPS) is 26.4. The Bertz CT molecular complexity index is 514. The average molecular weight is 307 g/mol. The second-order valence-electron chi connectivity index (χ2n) is 5.76. The van der Waals surface area contributed by atoms with E-state index >= 15 is 0 Å². The third-order valence-corrected chi connectivity index (χ3v) is 5.62. The van der Waals surface area contributed by atoms with E-state index in [0.717, 1.165) is 37.4 Å². The second-order valence-corrected chi connectivity index (χ2v) is 7.23. The van der Waals surface area contributed by atoms with Gasteiger partial charge in [0.1, 0.15) is 5.75 Å². The minimum Gasteiger partial charge on any atom is -0.508 e. The highest BCUT2D eigenvalue weighted by atomic mass is 32.2. The predicted octanol–water partition coefficient (Wildman–Crippen LogP) is 0.527. The Morgan fingerprint density at radius 2 is 2.24 bits per heavy atom. The van der Waals surface area contributed by atoms with Gasteiger partial charge >= 0.3 is 0 Å². The second kappa shape index (κ2) is 5.87. The summed E-state index contributed by atoms with van der Waals surface area (Å²) in [7, 11) is 0. The number of nitrogens with one attached hydrogen (secondary N) is 1. The first-order valence-corrected chi connectivity index (χ1v) is 8.28. The molecule has 0 radical (unpaired) electrons. The van der Waals surface area contributed by atoms with Crippen molar-refractivity contribution in [1.29, 1.82) is 0 Å². The van der Waals surface area contributed by atoms with Crippen LogP contribution >= 0.6 is 11.8 Å². The number of carbonyl (C=O) groups is 1. The van der Waals surface area contributed by atoms with E-state index in [1.165, 1.54) is 0 Å². The van der Waals surface area contributed by atoms with E-state index in [2.05, 4.69) is 5.32 Å². The number of phenolic OH excluding ortho intramolecular Hbond substituents is 1. The lowest BCUT2D eigenvalue weighted by atomic mass is 10.1. The Kier molecular flexibility index (Phi) is 4.10. The maximum absolute atomic E-state index is 12.5. The summed E-state index contributed by atoms with van der Waals surface area (Å²) >= 11 is 1.92. The summed E-state index contributed by atoms with van der Waals surface area (Å²) in [6.07, 6.45) is 1.50. The number of nitrogens with two attached hydrogens (primary N) is 1. The fourth-order valence-corrected chi connectivity index (χ4v) is 4.30. The molecule has 0 aromatic heterocycles. The SMILES string of the molecule is NC(Cc1ccc(O)cc1)C(=O)N1CCC2(C1)NCCS2. The van der Waals surface area contributed by atoms with Gasteiger partial charge in [0, 0.05) is 25.4 Å². The number of thioether (sulfide) groups is 1. The minimum atomic E-state index is -0.518. The number of hydrogen-bond acceptors (Lipinski definition) is 5. The van der Waals surface area contributed by atoms with Gasteiger partial charge in [-0.15, -0.1) is 11.8 Å². The molecule has 2 aliphatic rings. The number of likely N-dealkylation sites (tertiary alicyclic amines) is 1. The van der Waals surface area contributed by atoms with Crippen LogP contribution in [0.1, 0.15) is 12.0 Å². The minimum absolute atomic E-state index is 0.0225. The fraction of sp³-hybridized carbons (Fsp3) is 0.533. The van der Waals surface area contributed by atoms with Crippen molar-refractivity contribution in [3.63, 3.8) is 0 Å². The molecule has 3 rings (SSSR count). The molecule has 2 heterocycles. The van der Waals surface area contributed by atoms with Crippen LogP contribution in [0.4, 0.5) is 0 Å². The third kappa shape index (κ3) is 3.17. The molecule has 5 nitrogen and oxygen atoms in total. The van der Waals surface area contributed by atoms with Gasteiger partial charge < -0.3 is 21.1 Å². The molecule has 1 spiro atoms. The molecular weight excluding hydrogens is 286 g/mol. The van der Waals surface area contributed by atoms with Gasteiger partial charge in [-0.3, -0.25) is 4.79 Å². The van der Waals surface area contributed by atoms with Crippen LogP contribution in [0, 0.1) is 0 Å². The zero-order valence-corrected chi connectivity index (χ0v) is 12.7. The summed E-state index contributed by atoms with van der Waals surface area (Å²) in [6, 6.07) is 6.34. The lowest BCUT2D eigenvalue weighted by Gasteiger charge is -2.25. The Labute approximate surface area is 128 Å². The van der Waals surface area contributed by atoms with Crippen LogP contribution in [0.5, 0.6) is 5.75 Å². The van der Waals surface area contributed by atoms with Gasteiger partial charge in [0.05, 0.1) is 10.9 Å². The molecule has 2 saturated heterocycles. The first-order chi connectivity index (χ1) is 10.1. The lowest BCUT2D eigenvalue weighted by Crippen LogP contribution is -2.47. The number of nitrogens with zero attached hydrogens (tertiary/aromatic N) is 1. The molecule has 1 amide bonds. The summed E-state index contributed by atoms with van der Waals surface area (Å²) in [4.78, 5) is 14.4. The Balaban J connectivity index is 1.58. The highest BCUT2D eigenvalue weighted by Crippen LogP contribution is 2.36. The van der Waals surface area contributed by atoms with Gasteiger partial charge in [0.2, 0.25) is 5.91 Å². The van der Waals surface area contributed by atoms with Crippen LogP contribution in [0.3, 0.4) is 0 Å². The van der Waals surface area contributed by atoms with Crippen LogP contribution in [-0.2, 0) is 11.2 Å². The molecule has 21 heavy (non-hydrogen) atoms. The van der Waals surface area contributed by atoms with Crippen molar-refractivity contribution >= 4 is 17.7 Å². The van der Waals surface area contributed by atoms with E-state index < -0.39 is 6.04 Å². The number of carbonyl (C=O) groups excluding carboxylic acids is 1. The first-order valence-electron chi connectivity index (χ1n) is 7.29. The summed E-state index contributed by atoms with van der Waals surface area (Å²) in [5, 5.41) is 12.8. The average Bonchev–Trinajstić information content (AvgIpc) is 3.11. The van der Waals surface area contributed by atoms with Crippen molar-refractivity contribution in [2.45, 2.75) is 23.8 Å². The third-order valence-electron chi connectivity index (χ3n) is 4.18. The number of benzene rings is 1. The van der Waals surface area contributed by atoms with E-state index in [1.807, 2.05) is 28.8 Å². The molecule has 2 fully saturated rings. The van der Waals surface area contributed by atoms with Gasteiger partial charge in [0.25, 0.3) is 0 Å². The quantitative estimate of drug-likeness (QED) is 0.759. The van der Waals surface area contributed by atoms with Crippen molar-refractivity contribution < 1.29 is 9.90 Å². The van der Waals surface area contributed by atoms with Crippen LogP contribution in [-0.4, -0.2) is 52.2 Å². The summed E-state index contributed by atoms with van der Waals surface area (Å²) in [5.41, 5.74) is 7.04. The monoisotopic (exact) mass is 307 g/mol. The first kappa shape index (κ1) is 14.7. The van der Waals surface area contributed by atoms with Crippen LogP contribution in [0.2, 0.25) is 0 Å². The number of phenols is 1. The van der Waals surface area contributed by atoms with Gasteiger partial charge in [-0.25, -0.2) is 0 Å². The van der Waals surface area contributed by atoms with Gasteiger partial charge in [0.15, 0.2) is 0 Å².